The second-order valence-corrected chi connectivity index (χ2v) is 8.67. The summed E-state index contributed by atoms with van der Waals surface area (Å²) in [5.74, 6) is 0.0938. The molecule has 0 bridgehead atoms. The molecule has 0 aromatic heterocycles. The van der Waals surface area contributed by atoms with E-state index < -0.39 is 27.7 Å². The summed E-state index contributed by atoms with van der Waals surface area (Å²) < 4.78 is 42.8. The van der Waals surface area contributed by atoms with Crippen molar-refractivity contribution in [3.8, 4) is 5.75 Å². The number of rotatable bonds is 5. The van der Waals surface area contributed by atoms with Crippen LogP contribution in [0.5, 0.6) is 5.75 Å². The molecule has 2 aromatic carbocycles. The Hall–Kier alpha value is -2.61. The van der Waals surface area contributed by atoms with Crippen molar-refractivity contribution in [3.05, 3.63) is 59.9 Å². The number of halogens is 1. The third-order valence-electron chi connectivity index (χ3n) is 4.54. The third kappa shape index (κ3) is 4.77. The van der Waals surface area contributed by atoms with Crippen molar-refractivity contribution in [2.45, 2.75) is 19.0 Å². The van der Waals surface area contributed by atoms with Crippen LogP contribution in [0.25, 0.3) is 0 Å². The minimum absolute atomic E-state index is 0.0454. The highest BCUT2D eigenvalue weighted by atomic mass is 32.2. The van der Waals surface area contributed by atoms with E-state index in [4.69, 9.17) is 4.74 Å². The molecule has 0 spiro atoms. The van der Waals surface area contributed by atoms with Gasteiger partial charge in [0.1, 0.15) is 11.6 Å². The van der Waals surface area contributed by atoms with Crippen LogP contribution < -0.4 is 10.1 Å². The zero-order valence-corrected chi connectivity index (χ0v) is 15.7. The number of para-hydroxylation sites is 1. The number of nitrogens with one attached hydrogen (secondary N) is 1. The molecule has 2 amide bonds. The van der Waals surface area contributed by atoms with Crippen LogP contribution in [-0.2, 0) is 16.4 Å². The highest BCUT2D eigenvalue weighted by Gasteiger charge is 2.35. The summed E-state index contributed by atoms with van der Waals surface area (Å²) in [5.41, 5.74) is 0.881. The number of anilines is 1. The lowest BCUT2D eigenvalue weighted by atomic mass is 10.1. The lowest BCUT2D eigenvalue weighted by Crippen LogP contribution is -2.43. The van der Waals surface area contributed by atoms with Crippen molar-refractivity contribution >= 4 is 21.6 Å². The maximum Gasteiger partial charge on any atom is 0.322 e. The van der Waals surface area contributed by atoms with Gasteiger partial charge in [-0.05, 0) is 36.2 Å². The van der Waals surface area contributed by atoms with E-state index in [1.165, 1.54) is 23.1 Å². The molecule has 0 aliphatic carbocycles. The van der Waals surface area contributed by atoms with Gasteiger partial charge in [-0.15, -0.1) is 0 Å². The van der Waals surface area contributed by atoms with Gasteiger partial charge in [0.05, 0.1) is 24.3 Å². The molecule has 1 aliphatic heterocycles. The first-order valence-electron chi connectivity index (χ1n) is 8.53. The second kappa shape index (κ2) is 7.96. The molecule has 27 heavy (non-hydrogen) atoms. The standard InChI is InChI=1S/C19H21FN2O4S/c1-26-16-8-6-14(7-9-16)12-22(15-10-11-27(24,25)13-15)19(23)21-18-5-3-2-4-17(18)20/h2-9,15H,10-13H2,1H3,(H,21,23)/t15-/m0/s1. The van der Waals surface area contributed by atoms with Crippen molar-refractivity contribution in [2.24, 2.45) is 0 Å². The Morgan fingerprint density at radius 2 is 1.93 bits per heavy atom. The number of amides is 2. The molecule has 144 valence electrons. The Morgan fingerprint density at radius 3 is 2.52 bits per heavy atom. The lowest BCUT2D eigenvalue weighted by Gasteiger charge is -2.28. The van der Waals surface area contributed by atoms with Gasteiger partial charge in [-0.25, -0.2) is 17.6 Å². The van der Waals surface area contributed by atoms with Crippen LogP contribution in [0, 0.1) is 5.82 Å². The molecule has 1 fully saturated rings. The molecule has 6 nitrogen and oxygen atoms in total. The van der Waals surface area contributed by atoms with Crippen LogP contribution in [0.3, 0.4) is 0 Å². The Balaban J connectivity index is 1.82. The SMILES string of the molecule is COc1ccc(CN(C(=O)Nc2ccccc2F)[C@H]2CCS(=O)(=O)C2)cc1. The highest BCUT2D eigenvalue weighted by Crippen LogP contribution is 2.23. The zero-order valence-electron chi connectivity index (χ0n) is 14.9. The molecule has 0 unspecified atom stereocenters. The number of benzene rings is 2. The number of urea groups is 1. The fourth-order valence-corrected chi connectivity index (χ4v) is 4.80. The van der Waals surface area contributed by atoms with Gasteiger partial charge in [-0.1, -0.05) is 24.3 Å². The molecule has 1 aliphatic rings. The van der Waals surface area contributed by atoms with Gasteiger partial charge in [0, 0.05) is 12.6 Å². The van der Waals surface area contributed by atoms with Gasteiger partial charge in [0.25, 0.3) is 0 Å². The maximum atomic E-state index is 13.9. The second-order valence-electron chi connectivity index (χ2n) is 6.44. The predicted octanol–water partition coefficient (Wildman–Crippen LogP) is 3.06. The molecule has 2 aromatic rings. The van der Waals surface area contributed by atoms with Crippen LogP contribution >= 0.6 is 0 Å². The Morgan fingerprint density at radius 1 is 1.22 bits per heavy atom. The largest absolute Gasteiger partial charge is 0.497 e. The van der Waals surface area contributed by atoms with Crippen molar-refractivity contribution in [2.75, 3.05) is 23.9 Å². The number of methoxy groups -OCH3 is 1. The minimum atomic E-state index is -3.17. The monoisotopic (exact) mass is 392 g/mol. The van der Waals surface area contributed by atoms with E-state index >= 15 is 0 Å². The van der Waals surface area contributed by atoms with E-state index in [0.717, 1.165) is 5.56 Å². The minimum Gasteiger partial charge on any atom is -0.497 e. The summed E-state index contributed by atoms with van der Waals surface area (Å²) >= 11 is 0. The molecule has 0 saturated carbocycles. The number of hydrogen-bond donors (Lipinski definition) is 1. The fraction of sp³-hybridized carbons (Fsp3) is 0.316. The van der Waals surface area contributed by atoms with Gasteiger partial charge in [0.15, 0.2) is 9.84 Å². The number of carbonyl (C=O) groups excluding carboxylic acids is 1. The van der Waals surface area contributed by atoms with E-state index in [-0.39, 0.29) is 23.7 Å². The number of carbonyl (C=O) groups is 1. The van der Waals surface area contributed by atoms with Crippen LogP contribution in [0.2, 0.25) is 0 Å². The normalized spacial score (nSPS) is 18.1. The Bertz CT molecular complexity index is 916. The van der Waals surface area contributed by atoms with E-state index in [0.29, 0.717) is 12.2 Å². The van der Waals surface area contributed by atoms with E-state index in [1.807, 2.05) is 12.1 Å². The van der Waals surface area contributed by atoms with Crippen LogP contribution in [0.1, 0.15) is 12.0 Å². The molecule has 8 heteroatoms. The number of nitrogens with zero attached hydrogens (tertiary/aromatic N) is 1. The third-order valence-corrected chi connectivity index (χ3v) is 6.29. The van der Waals surface area contributed by atoms with Crippen molar-refractivity contribution in [1.82, 2.24) is 4.90 Å². The Kier molecular flexibility index (Phi) is 5.65. The average Bonchev–Trinajstić information content (AvgIpc) is 3.01. The predicted molar refractivity (Wildman–Crippen MR) is 101 cm³/mol. The maximum absolute atomic E-state index is 13.9. The number of ether oxygens (including phenoxy) is 1. The van der Waals surface area contributed by atoms with E-state index in [9.17, 15) is 17.6 Å². The fourth-order valence-electron chi connectivity index (χ4n) is 3.07. The van der Waals surface area contributed by atoms with Crippen LogP contribution in [0.4, 0.5) is 14.9 Å². The van der Waals surface area contributed by atoms with Gasteiger partial charge in [-0.3, -0.25) is 0 Å². The first-order valence-corrected chi connectivity index (χ1v) is 10.4. The topological polar surface area (TPSA) is 75.7 Å². The van der Waals surface area contributed by atoms with Crippen LogP contribution in [-0.4, -0.2) is 44.0 Å². The first-order chi connectivity index (χ1) is 12.9. The summed E-state index contributed by atoms with van der Waals surface area (Å²) in [7, 11) is -1.61. The van der Waals surface area contributed by atoms with Crippen molar-refractivity contribution in [1.29, 1.82) is 0 Å². The van der Waals surface area contributed by atoms with E-state index in [2.05, 4.69) is 5.32 Å². The molecule has 3 rings (SSSR count). The van der Waals surface area contributed by atoms with Crippen molar-refractivity contribution < 1.29 is 22.3 Å². The molecular weight excluding hydrogens is 371 g/mol. The molecule has 0 radical (unpaired) electrons. The molecule has 1 heterocycles. The first kappa shape index (κ1) is 19.2. The summed E-state index contributed by atoms with van der Waals surface area (Å²) in [5, 5.41) is 2.55. The van der Waals surface area contributed by atoms with Gasteiger partial charge < -0.3 is 15.0 Å². The quantitative estimate of drug-likeness (QED) is 0.849. The highest BCUT2D eigenvalue weighted by molar-refractivity contribution is 7.91. The van der Waals surface area contributed by atoms with Gasteiger partial charge in [-0.2, -0.15) is 0 Å². The molecule has 1 saturated heterocycles. The smallest absolute Gasteiger partial charge is 0.322 e. The van der Waals surface area contributed by atoms with Crippen LogP contribution in [0.15, 0.2) is 48.5 Å². The molecular formula is C19H21FN2O4S. The van der Waals surface area contributed by atoms with Gasteiger partial charge >= 0.3 is 6.03 Å². The van der Waals surface area contributed by atoms with Crippen molar-refractivity contribution in [3.63, 3.8) is 0 Å². The lowest BCUT2D eigenvalue weighted by molar-refractivity contribution is 0.190. The average molecular weight is 392 g/mol. The summed E-state index contributed by atoms with van der Waals surface area (Å²) in [4.78, 5) is 14.3. The number of hydrogen-bond acceptors (Lipinski definition) is 4. The molecule has 1 N–H and O–H groups in total. The summed E-state index contributed by atoms with van der Waals surface area (Å²) in [6, 6.07) is 12.0. The Labute approximate surface area is 157 Å². The van der Waals surface area contributed by atoms with E-state index in [1.54, 1.807) is 25.3 Å². The zero-order chi connectivity index (χ0) is 19.4. The number of sulfone groups is 1. The summed E-state index contributed by atoms with van der Waals surface area (Å²) in [6.45, 7) is 0.213. The van der Waals surface area contributed by atoms with Gasteiger partial charge in [0.2, 0.25) is 0 Å². The molecule has 1 atom stereocenters. The summed E-state index contributed by atoms with van der Waals surface area (Å²) in [6.07, 6.45) is 0.364.